The molecule has 0 aliphatic heterocycles. The molecule has 0 saturated carbocycles. The Hall–Kier alpha value is -1.60. The van der Waals surface area contributed by atoms with Gasteiger partial charge < -0.3 is 11.1 Å². The van der Waals surface area contributed by atoms with Crippen LogP contribution in [0.5, 0.6) is 0 Å². The Kier molecular flexibility index (Phi) is 10.2. The molecular formula is C20H29IN4. The fourth-order valence-corrected chi connectivity index (χ4v) is 2.85. The largest absolute Gasteiger partial charge is 0.370 e. The highest BCUT2D eigenvalue weighted by Crippen LogP contribution is 2.10. The minimum atomic E-state index is 0. The zero-order chi connectivity index (χ0) is 17.2. The molecule has 2 rings (SSSR count). The maximum absolute atomic E-state index is 6.05. The predicted molar refractivity (Wildman–Crippen MR) is 119 cm³/mol. The molecule has 25 heavy (non-hydrogen) atoms. The van der Waals surface area contributed by atoms with Crippen molar-refractivity contribution < 1.29 is 0 Å². The molecule has 136 valence electrons. The number of anilines is 1. The summed E-state index contributed by atoms with van der Waals surface area (Å²) in [5.41, 5.74) is 8.34. The van der Waals surface area contributed by atoms with E-state index in [1.165, 1.54) is 5.56 Å². The van der Waals surface area contributed by atoms with E-state index in [0.717, 1.165) is 25.2 Å². The number of likely N-dealkylation sites (N-methyl/N-ethyl adjacent to an activating group) is 1. The zero-order valence-corrected chi connectivity index (χ0v) is 17.4. The molecule has 0 radical (unpaired) electrons. The minimum Gasteiger partial charge on any atom is -0.370 e. The van der Waals surface area contributed by atoms with Crippen molar-refractivity contribution in [3.63, 3.8) is 0 Å². The standard InChI is InChI=1S/C20H28N4.HI/c1-3-24(4-2)19(15-17-11-7-5-8-12-17)16-22-20(21)23-18-13-9-6-10-14-18;/h5-14,19H,3-4,15-16H2,1-2H3,(H3,21,22,23);1H. The molecule has 0 heterocycles. The number of guanidine groups is 1. The SMILES string of the molecule is CCN(CC)C(CN=C(N)Nc1ccccc1)Cc1ccccc1.I. The molecule has 0 spiro atoms. The lowest BCUT2D eigenvalue weighted by Crippen LogP contribution is -2.39. The number of nitrogens with zero attached hydrogens (tertiary/aromatic N) is 2. The number of benzene rings is 2. The van der Waals surface area contributed by atoms with Crippen LogP contribution >= 0.6 is 24.0 Å². The summed E-state index contributed by atoms with van der Waals surface area (Å²) in [6.07, 6.45) is 0.977. The first kappa shape index (κ1) is 21.4. The first-order valence-electron chi connectivity index (χ1n) is 8.62. The van der Waals surface area contributed by atoms with Crippen LogP contribution < -0.4 is 11.1 Å². The number of nitrogens with two attached hydrogens (primary N) is 1. The highest BCUT2D eigenvalue weighted by molar-refractivity contribution is 14.0. The van der Waals surface area contributed by atoms with Gasteiger partial charge >= 0.3 is 0 Å². The van der Waals surface area contributed by atoms with E-state index in [4.69, 9.17) is 5.73 Å². The van der Waals surface area contributed by atoms with Crippen LogP contribution in [0.4, 0.5) is 5.69 Å². The topological polar surface area (TPSA) is 53.6 Å². The average molecular weight is 452 g/mol. The summed E-state index contributed by atoms with van der Waals surface area (Å²) in [5, 5.41) is 3.15. The molecule has 0 bridgehead atoms. The van der Waals surface area contributed by atoms with E-state index in [2.05, 4.69) is 59.4 Å². The normalized spacial score (nSPS) is 12.5. The van der Waals surface area contributed by atoms with Gasteiger partial charge in [0.25, 0.3) is 0 Å². The number of rotatable bonds is 8. The molecule has 1 atom stereocenters. The Balaban J connectivity index is 0.00000312. The van der Waals surface area contributed by atoms with Gasteiger partial charge in [0.05, 0.1) is 6.54 Å². The third-order valence-corrected chi connectivity index (χ3v) is 4.16. The van der Waals surface area contributed by atoms with E-state index in [-0.39, 0.29) is 24.0 Å². The highest BCUT2D eigenvalue weighted by Gasteiger charge is 2.16. The minimum absolute atomic E-state index is 0. The molecule has 5 heteroatoms. The van der Waals surface area contributed by atoms with Gasteiger partial charge in [0.1, 0.15) is 0 Å². The smallest absolute Gasteiger partial charge is 0.193 e. The fourth-order valence-electron chi connectivity index (χ4n) is 2.85. The van der Waals surface area contributed by atoms with Crippen molar-refractivity contribution in [2.24, 2.45) is 10.7 Å². The van der Waals surface area contributed by atoms with E-state index in [9.17, 15) is 0 Å². The molecule has 1 unspecified atom stereocenters. The molecule has 0 saturated heterocycles. The molecular weight excluding hydrogens is 423 g/mol. The Bertz CT molecular complexity index is 612. The van der Waals surface area contributed by atoms with Crippen LogP contribution in [-0.4, -0.2) is 36.5 Å². The fraction of sp³-hybridized carbons (Fsp3) is 0.350. The van der Waals surface area contributed by atoms with Gasteiger partial charge in [-0.15, -0.1) is 24.0 Å². The summed E-state index contributed by atoms with van der Waals surface area (Å²) in [6, 6.07) is 20.8. The lowest BCUT2D eigenvalue weighted by Gasteiger charge is -2.28. The monoisotopic (exact) mass is 452 g/mol. The lowest BCUT2D eigenvalue weighted by atomic mass is 10.0. The van der Waals surface area contributed by atoms with Gasteiger partial charge in [-0.1, -0.05) is 62.4 Å². The highest BCUT2D eigenvalue weighted by atomic mass is 127. The van der Waals surface area contributed by atoms with E-state index in [1.807, 2.05) is 30.3 Å². The molecule has 0 aromatic heterocycles. The molecule has 3 N–H and O–H groups in total. The average Bonchev–Trinajstić information content (AvgIpc) is 2.62. The van der Waals surface area contributed by atoms with Crippen molar-refractivity contribution in [3.8, 4) is 0 Å². The van der Waals surface area contributed by atoms with Crippen molar-refractivity contribution in [3.05, 3.63) is 66.2 Å². The van der Waals surface area contributed by atoms with Crippen LogP contribution in [0.2, 0.25) is 0 Å². The maximum atomic E-state index is 6.05. The van der Waals surface area contributed by atoms with E-state index < -0.39 is 0 Å². The van der Waals surface area contributed by atoms with Crippen LogP contribution in [0.1, 0.15) is 19.4 Å². The second kappa shape index (κ2) is 11.9. The van der Waals surface area contributed by atoms with Gasteiger partial charge in [-0.25, -0.2) is 0 Å². The third-order valence-electron chi connectivity index (χ3n) is 4.16. The molecule has 0 fully saturated rings. The van der Waals surface area contributed by atoms with Crippen molar-refractivity contribution in [1.82, 2.24) is 4.90 Å². The van der Waals surface area contributed by atoms with E-state index in [0.29, 0.717) is 18.5 Å². The van der Waals surface area contributed by atoms with Gasteiger partial charge in [0.15, 0.2) is 5.96 Å². The van der Waals surface area contributed by atoms with Gasteiger partial charge in [-0.05, 0) is 37.2 Å². The molecule has 2 aromatic rings. The second-order valence-electron chi connectivity index (χ2n) is 5.78. The van der Waals surface area contributed by atoms with Crippen LogP contribution in [0.15, 0.2) is 65.7 Å². The second-order valence-corrected chi connectivity index (χ2v) is 5.78. The van der Waals surface area contributed by atoms with Crippen molar-refractivity contribution in [2.45, 2.75) is 26.3 Å². The van der Waals surface area contributed by atoms with Gasteiger partial charge in [-0.3, -0.25) is 9.89 Å². The van der Waals surface area contributed by atoms with Crippen LogP contribution in [-0.2, 0) is 6.42 Å². The number of nitrogens with one attached hydrogen (secondary N) is 1. The van der Waals surface area contributed by atoms with E-state index in [1.54, 1.807) is 0 Å². The Morgan fingerprint density at radius 1 is 1.00 bits per heavy atom. The molecule has 2 aromatic carbocycles. The molecule has 0 aliphatic rings. The first-order chi connectivity index (χ1) is 11.7. The number of halogens is 1. The summed E-state index contributed by atoms with van der Waals surface area (Å²) in [5.74, 6) is 0.464. The van der Waals surface area contributed by atoms with Crippen LogP contribution in [0.3, 0.4) is 0 Å². The van der Waals surface area contributed by atoms with Crippen LogP contribution in [0, 0.1) is 0 Å². The molecule has 4 nitrogen and oxygen atoms in total. The molecule has 0 amide bonds. The first-order valence-corrected chi connectivity index (χ1v) is 8.62. The summed E-state index contributed by atoms with van der Waals surface area (Å²) in [4.78, 5) is 7.01. The summed E-state index contributed by atoms with van der Waals surface area (Å²) < 4.78 is 0. The summed E-state index contributed by atoms with van der Waals surface area (Å²) in [7, 11) is 0. The van der Waals surface area contributed by atoms with Crippen molar-refractivity contribution >= 4 is 35.6 Å². The number of aliphatic imine (C=N–C) groups is 1. The Morgan fingerprint density at radius 3 is 2.12 bits per heavy atom. The maximum Gasteiger partial charge on any atom is 0.193 e. The number of para-hydroxylation sites is 1. The van der Waals surface area contributed by atoms with Gasteiger partial charge in [0, 0.05) is 11.7 Å². The summed E-state index contributed by atoms with van der Waals surface area (Å²) >= 11 is 0. The van der Waals surface area contributed by atoms with Crippen molar-refractivity contribution in [1.29, 1.82) is 0 Å². The molecule has 0 aliphatic carbocycles. The Labute approximate surface area is 168 Å². The van der Waals surface area contributed by atoms with Gasteiger partial charge in [-0.2, -0.15) is 0 Å². The quantitative estimate of drug-likeness (QED) is 0.362. The van der Waals surface area contributed by atoms with Gasteiger partial charge in [0.2, 0.25) is 0 Å². The zero-order valence-electron chi connectivity index (χ0n) is 15.1. The predicted octanol–water partition coefficient (Wildman–Crippen LogP) is 3.98. The van der Waals surface area contributed by atoms with Crippen LogP contribution in [0.25, 0.3) is 0 Å². The van der Waals surface area contributed by atoms with Crippen molar-refractivity contribution in [2.75, 3.05) is 25.0 Å². The number of hydrogen-bond acceptors (Lipinski definition) is 2. The third kappa shape index (κ3) is 7.44. The van der Waals surface area contributed by atoms with E-state index >= 15 is 0 Å². The number of hydrogen-bond donors (Lipinski definition) is 2. The Morgan fingerprint density at radius 2 is 1.56 bits per heavy atom. The summed E-state index contributed by atoms with van der Waals surface area (Å²) in [6.45, 7) is 7.08. The lowest BCUT2D eigenvalue weighted by molar-refractivity contribution is 0.220.